The van der Waals surface area contributed by atoms with Crippen LogP contribution in [0.25, 0.3) is 0 Å². The molecule has 10 heavy (non-hydrogen) atoms. The lowest BCUT2D eigenvalue weighted by Crippen LogP contribution is -2.48. The molecule has 2 heterocycles. The standard InChI is InChI=1S/C7H13N2O/c1-5-2-9-6-3-8-4-7(6)10-5/h6-9H,2-4H2,1H3. The zero-order chi connectivity index (χ0) is 6.97. The molecule has 0 aromatic carbocycles. The summed E-state index contributed by atoms with van der Waals surface area (Å²) in [5, 5.41) is 6.69. The molecule has 2 N–H and O–H groups in total. The largest absolute Gasteiger partial charge is 0.365 e. The summed E-state index contributed by atoms with van der Waals surface area (Å²) in [6.45, 7) is 5.00. The number of fused-ring (bicyclic) bond motifs is 1. The molecular formula is C7H13N2O. The van der Waals surface area contributed by atoms with E-state index in [4.69, 9.17) is 4.74 Å². The van der Waals surface area contributed by atoms with Gasteiger partial charge in [0.1, 0.15) is 6.10 Å². The highest BCUT2D eigenvalue weighted by Crippen LogP contribution is 2.16. The van der Waals surface area contributed by atoms with Gasteiger partial charge in [0, 0.05) is 25.7 Å². The van der Waals surface area contributed by atoms with Crippen molar-refractivity contribution in [3.05, 3.63) is 6.10 Å². The van der Waals surface area contributed by atoms with Crippen LogP contribution in [-0.2, 0) is 4.74 Å². The number of hydrogen-bond acceptors (Lipinski definition) is 3. The Morgan fingerprint density at radius 1 is 1.50 bits per heavy atom. The molecule has 0 bridgehead atoms. The fourth-order valence-corrected chi connectivity index (χ4v) is 1.56. The van der Waals surface area contributed by atoms with E-state index < -0.39 is 0 Å². The second-order valence-electron chi connectivity index (χ2n) is 3.00. The highest BCUT2D eigenvalue weighted by atomic mass is 16.5. The molecule has 2 aliphatic heterocycles. The van der Waals surface area contributed by atoms with Crippen molar-refractivity contribution >= 4 is 0 Å². The van der Waals surface area contributed by atoms with Gasteiger partial charge in [-0.2, -0.15) is 0 Å². The maximum Gasteiger partial charge on any atom is 0.108 e. The highest BCUT2D eigenvalue weighted by molar-refractivity contribution is 4.96. The Morgan fingerprint density at radius 3 is 3.30 bits per heavy atom. The maximum absolute atomic E-state index is 5.60. The first-order valence-corrected chi connectivity index (χ1v) is 3.79. The third-order valence-corrected chi connectivity index (χ3v) is 2.12. The van der Waals surface area contributed by atoms with Crippen molar-refractivity contribution < 1.29 is 4.74 Å². The van der Waals surface area contributed by atoms with Crippen LogP contribution in [0.3, 0.4) is 0 Å². The molecule has 2 aliphatic rings. The van der Waals surface area contributed by atoms with Crippen molar-refractivity contribution in [2.75, 3.05) is 19.6 Å². The van der Waals surface area contributed by atoms with E-state index in [0.717, 1.165) is 25.7 Å². The Hall–Kier alpha value is -0.120. The van der Waals surface area contributed by atoms with Crippen LogP contribution in [0.15, 0.2) is 0 Å². The van der Waals surface area contributed by atoms with Crippen LogP contribution in [0, 0.1) is 6.10 Å². The summed E-state index contributed by atoms with van der Waals surface area (Å²) < 4.78 is 5.60. The average molecular weight is 141 g/mol. The summed E-state index contributed by atoms with van der Waals surface area (Å²) in [6, 6.07) is 0.545. The van der Waals surface area contributed by atoms with Crippen LogP contribution in [0.1, 0.15) is 6.92 Å². The van der Waals surface area contributed by atoms with Gasteiger partial charge >= 0.3 is 0 Å². The van der Waals surface area contributed by atoms with E-state index in [1.807, 2.05) is 6.92 Å². The van der Waals surface area contributed by atoms with Crippen LogP contribution in [0.5, 0.6) is 0 Å². The summed E-state index contributed by atoms with van der Waals surface area (Å²) in [4.78, 5) is 0. The fourth-order valence-electron chi connectivity index (χ4n) is 1.56. The van der Waals surface area contributed by atoms with Gasteiger partial charge in [-0.3, -0.25) is 0 Å². The molecule has 0 spiro atoms. The van der Waals surface area contributed by atoms with Crippen LogP contribution in [0.2, 0.25) is 0 Å². The summed E-state index contributed by atoms with van der Waals surface area (Å²) in [5.41, 5.74) is 0. The molecule has 0 aliphatic carbocycles. The van der Waals surface area contributed by atoms with Gasteiger partial charge in [-0.1, -0.05) is 0 Å². The van der Waals surface area contributed by atoms with E-state index in [-0.39, 0.29) is 0 Å². The van der Waals surface area contributed by atoms with Crippen molar-refractivity contribution in [3.8, 4) is 0 Å². The minimum absolute atomic E-state index is 0.383. The summed E-state index contributed by atoms with van der Waals surface area (Å²) >= 11 is 0. The zero-order valence-electron chi connectivity index (χ0n) is 6.18. The summed E-state index contributed by atoms with van der Waals surface area (Å²) in [6.07, 6.45) is 1.50. The quantitative estimate of drug-likeness (QED) is 0.477. The van der Waals surface area contributed by atoms with E-state index in [2.05, 4.69) is 10.6 Å². The molecule has 0 saturated carbocycles. The number of nitrogens with one attached hydrogen (secondary N) is 2. The van der Waals surface area contributed by atoms with Crippen molar-refractivity contribution in [1.82, 2.24) is 10.6 Å². The molecule has 57 valence electrons. The van der Waals surface area contributed by atoms with E-state index in [9.17, 15) is 0 Å². The maximum atomic E-state index is 5.60. The van der Waals surface area contributed by atoms with Gasteiger partial charge in [-0.05, 0) is 6.92 Å². The lowest BCUT2D eigenvalue weighted by molar-refractivity contribution is 0.0302. The highest BCUT2D eigenvalue weighted by Gasteiger charge is 2.32. The van der Waals surface area contributed by atoms with E-state index in [1.165, 1.54) is 0 Å². The lowest BCUT2D eigenvalue weighted by Gasteiger charge is -2.30. The second-order valence-corrected chi connectivity index (χ2v) is 3.00. The van der Waals surface area contributed by atoms with Crippen molar-refractivity contribution in [2.45, 2.75) is 19.1 Å². The SMILES string of the molecule is C[C]1CNC2CNCC2O1. The number of morpholine rings is 1. The number of rotatable bonds is 0. The van der Waals surface area contributed by atoms with Gasteiger partial charge in [0.25, 0.3) is 0 Å². The molecule has 1 radical (unpaired) electrons. The second kappa shape index (κ2) is 2.49. The monoisotopic (exact) mass is 141 g/mol. The topological polar surface area (TPSA) is 33.3 Å². The molecule has 2 unspecified atom stereocenters. The minimum atomic E-state index is 0.383. The van der Waals surface area contributed by atoms with Gasteiger partial charge in [0.05, 0.1) is 6.10 Å². The average Bonchev–Trinajstić information content (AvgIpc) is 2.33. The molecule has 2 atom stereocenters. The van der Waals surface area contributed by atoms with Gasteiger partial charge in [-0.25, -0.2) is 0 Å². The van der Waals surface area contributed by atoms with Gasteiger partial charge in [0.2, 0.25) is 0 Å². The predicted octanol–water partition coefficient (Wildman–Crippen LogP) is -0.502. The first-order chi connectivity index (χ1) is 4.86. The molecule has 0 aromatic rings. The molecule has 0 aromatic heterocycles. The first kappa shape index (κ1) is 6.58. The molecular weight excluding hydrogens is 128 g/mol. The van der Waals surface area contributed by atoms with E-state index >= 15 is 0 Å². The molecule has 3 nitrogen and oxygen atoms in total. The Kier molecular flexibility index (Phi) is 1.64. The Morgan fingerprint density at radius 2 is 2.40 bits per heavy atom. The van der Waals surface area contributed by atoms with E-state index in [0.29, 0.717) is 12.1 Å². The fraction of sp³-hybridized carbons (Fsp3) is 0.857. The van der Waals surface area contributed by atoms with Crippen molar-refractivity contribution in [1.29, 1.82) is 0 Å². The molecule has 2 rings (SSSR count). The zero-order valence-corrected chi connectivity index (χ0v) is 6.18. The van der Waals surface area contributed by atoms with Gasteiger partial charge in [0.15, 0.2) is 0 Å². The minimum Gasteiger partial charge on any atom is -0.365 e. The molecule has 3 heteroatoms. The van der Waals surface area contributed by atoms with Crippen LogP contribution < -0.4 is 10.6 Å². The molecule has 2 saturated heterocycles. The number of hydrogen-bond donors (Lipinski definition) is 2. The van der Waals surface area contributed by atoms with Crippen LogP contribution in [-0.4, -0.2) is 31.8 Å². The molecule has 2 fully saturated rings. The normalized spacial score (nSPS) is 41.7. The first-order valence-electron chi connectivity index (χ1n) is 3.79. The molecule has 0 amide bonds. The van der Waals surface area contributed by atoms with Crippen LogP contribution in [0.4, 0.5) is 0 Å². The van der Waals surface area contributed by atoms with Gasteiger partial charge in [-0.15, -0.1) is 0 Å². The van der Waals surface area contributed by atoms with Crippen LogP contribution >= 0.6 is 0 Å². The third kappa shape index (κ3) is 1.05. The summed E-state index contributed by atoms with van der Waals surface area (Å²) in [5.74, 6) is 0. The van der Waals surface area contributed by atoms with Gasteiger partial charge < -0.3 is 15.4 Å². The third-order valence-electron chi connectivity index (χ3n) is 2.12. The van der Waals surface area contributed by atoms with E-state index in [1.54, 1.807) is 0 Å². The smallest absolute Gasteiger partial charge is 0.108 e. The Bertz CT molecular complexity index is 129. The predicted molar refractivity (Wildman–Crippen MR) is 38.5 cm³/mol. The Balaban J connectivity index is 1.96. The van der Waals surface area contributed by atoms with Crippen molar-refractivity contribution in [2.24, 2.45) is 0 Å². The Labute approximate surface area is 61.1 Å². The van der Waals surface area contributed by atoms with Crippen molar-refractivity contribution in [3.63, 3.8) is 0 Å². The summed E-state index contributed by atoms with van der Waals surface area (Å²) in [7, 11) is 0. The number of ether oxygens (including phenoxy) is 1. The lowest BCUT2D eigenvalue weighted by atomic mass is 10.1.